The molecular weight excluding hydrogens is 290 g/mol. The van der Waals surface area contributed by atoms with Gasteiger partial charge in [-0.05, 0) is 36.4 Å². The maximum Gasteiger partial charge on any atom is 0.124 e. The topological polar surface area (TPSA) is 65.2 Å². The zero-order valence-electron chi connectivity index (χ0n) is 11.6. The summed E-state index contributed by atoms with van der Waals surface area (Å²) in [7, 11) is 0. The molecule has 2 rings (SSSR count). The predicted octanol–water partition coefficient (Wildman–Crippen LogP) is 2.91. The van der Waals surface area contributed by atoms with Crippen molar-refractivity contribution in [2.75, 3.05) is 13.1 Å². The van der Waals surface area contributed by atoms with Crippen LogP contribution in [0.5, 0.6) is 11.5 Å². The van der Waals surface area contributed by atoms with Crippen molar-refractivity contribution in [3.05, 3.63) is 59.2 Å². The van der Waals surface area contributed by atoms with Crippen LogP contribution < -0.4 is 0 Å². The standard InChI is InChI=1S/C16H14F2N2O2/c17-13-1-3-15(21)11(7-13)9-19-5-6-20-10-12-8-14(18)2-4-16(12)22/h1-4,7-10,21-22H,5-6H2. The summed E-state index contributed by atoms with van der Waals surface area (Å²) >= 11 is 0. The van der Waals surface area contributed by atoms with Gasteiger partial charge < -0.3 is 10.2 Å². The average molecular weight is 304 g/mol. The molecule has 2 aromatic rings. The third-order valence-electron chi connectivity index (χ3n) is 2.80. The third kappa shape index (κ3) is 4.37. The summed E-state index contributed by atoms with van der Waals surface area (Å²) in [6, 6.07) is 7.16. The second-order valence-corrected chi connectivity index (χ2v) is 4.48. The number of phenolic OH excluding ortho intramolecular Hbond substituents is 2. The van der Waals surface area contributed by atoms with E-state index in [1.165, 1.54) is 36.7 Å². The highest BCUT2D eigenvalue weighted by Crippen LogP contribution is 2.16. The molecule has 4 nitrogen and oxygen atoms in total. The van der Waals surface area contributed by atoms with E-state index in [0.29, 0.717) is 13.1 Å². The Kier molecular flexibility index (Phi) is 5.19. The molecule has 22 heavy (non-hydrogen) atoms. The number of aliphatic imine (C=N–C) groups is 2. The van der Waals surface area contributed by atoms with Crippen LogP contribution in [0, 0.1) is 11.6 Å². The van der Waals surface area contributed by atoms with Gasteiger partial charge in [0.1, 0.15) is 23.1 Å². The molecule has 0 aliphatic heterocycles. The minimum atomic E-state index is -0.459. The minimum absolute atomic E-state index is 0.0571. The second kappa shape index (κ2) is 7.31. The Morgan fingerprint density at radius 1 is 0.773 bits per heavy atom. The molecule has 0 aliphatic carbocycles. The third-order valence-corrected chi connectivity index (χ3v) is 2.80. The average Bonchev–Trinajstić information content (AvgIpc) is 2.49. The number of nitrogens with zero attached hydrogens (tertiary/aromatic N) is 2. The highest BCUT2D eigenvalue weighted by atomic mass is 19.1. The summed E-state index contributed by atoms with van der Waals surface area (Å²) in [4.78, 5) is 8.03. The van der Waals surface area contributed by atoms with E-state index in [-0.39, 0.29) is 22.6 Å². The SMILES string of the molecule is Oc1ccc(F)cc1C=NCCN=Cc1cc(F)ccc1O. The smallest absolute Gasteiger partial charge is 0.124 e. The Hall–Kier alpha value is -2.76. The van der Waals surface area contributed by atoms with E-state index >= 15 is 0 Å². The molecule has 0 spiro atoms. The molecule has 2 aromatic carbocycles. The van der Waals surface area contributed by atoms with Crippen molar-refractivity contribution in [2.24, 2.45) is 9.98 Å². The number of hydrogen-bond donors (Lipinski definition) is 2. The number of hydrogen-bond acceptors (Lipinski definition) is 4. The molecule has 0 saturated heterocycles. The normalized spacial score (nSPS) is 11.5. The Morgan fingerprint density at radius 2 is 1.18 bits per heavy atom. The largest absolute Gasteiger partial charge is 0.507 e. The van der Waals surface area contributed by atoms with E-state index in [1.54, 1.807) is 0 Å². The fourth-order valence-electron chi connectivity index (χ4n) is 1.70. The molecule has 2 N–H and O–H groups in total. The van der Waals surface area contributed by atoms with Crippen LogP contribution >= 0.6 is 0 Å². The van der Waals surface area contributed by atoms with Crippen LogP contribution in [0.15, 0.2) is 46.4 Å². The van der Waals surface area contributed by atoms with Gasteiger partial charge in [-0.2, -0.15) is 0 Å². The molecule has 0 fully saturated rings. The number of aromatic hydroxyl groups is 2. The lowest BCUT2D eigenvalue weighted by atomic mass is 10.2. The molecule has 0 aliphatic rings. The van der Waals surface area contributed by atoms with E-state index < -0.39 is 11.6 Å². The first kappa shape index (κ1) is 15.6. The van der Waals surface area contributed by atoms with Gasteiger partial charge in [0.2, 0.25) is 0 Å². The zero-order valence-corrected chi connectivity index (χ0v) is 11.6. The highest BCUT2D eigenvalue weighted by Gasteiger charge is 2.00. The van der Waals surface area contributed by atoms with Crippen LogP contribution in [-0.2, 0) is 0 Å². The summed E-state index contributed by atoms with van der Waals surface area (Å²) < 4.78 is 26.0. The van der Waals surface area contributed by atoms with Crippen molar-refractivity contribution in [3.63, 3.8) is 0 Å². The van der Waals surface area contributed by atoms with Gasteiger partial charge in [-0.3, -0.25) is 9.98 Å². The van der Waals surface area contributed by atoms with Gasteiger partial charge in [0.15, 0.2) is 0 Å². The summed E-state index contributed by atoms with van der Waals surface area (Å²) in [6.07, 6.45) is 2.71. The number of rotatable bonds is 5. The maximum atomic E-state index is 13.0. The lowest BCUT2D eigenvalue weighted by Gasteiger charge is -1.99. The summed E-state index contributed by atoms with van der Waals surface area (Å²) in [5.74, 6) is -1.03. The predicted molar refractivity (Wildman–Crippen MR) is 81.1 cm³/mol. The van der Waals surface area contributed by atoms with Crippen molar-refractivity contribution in [3.8, 4) is 11.5 Å². The van der Waals surface area contributed by atoms with Gasteiger partial charge in [0.25, 0.3) is 0 Å². The molecule has 0 atom stereocenters. The van der Waals surface area contributed by atoms with Gasteiger partial charge in [-0.15, -0.1) is 0 Å². The van der Waals surface area contributed by atoms with E-state index in [1.807, 2.05) is 0 Å². The van der Waals surface area contributed by atoms with Crippen molar-refractivity contribution >= 4 is 12.4 Å². The molecule has 0 unspecified atom stereocenters. The van der Waals surface area contributed by atoms with Crippen LogP contribution in [0.25, 0.3) is 0 Å². The molecule has 114 valence electrons. The van der Waals surface area contributed by atoms with E-state index in [0.717, 1.165) is 12.1 Å². The molecule has 0 radical (unpaired) electrons. The van der Waals surface area contributed by atoms with Gasteiger partial charge >= 0.3 is 0 Å². The van der Waals surface area contributed by atoms with Gasteiger partial charge in [0.05, 0.1) is 13.1 Å². The molecule has 6 heteroatoms. The fourth-order valence-corrected chi connectivity index (χ4v) is 1.70. The molecule has 0 bridgehead atoms. The second-order valence-electron chi connectivity index (χ2n) is 4.48. The van der Waals surface area contributed by atoms with Crippen LogP contribution in [-0.4, -0.2) is 35.7 Å². The first-order valence-corrected chi connectivity index (χ1v) is 6.53. The molecule has 0 aromatic heterocycles. The first-order valence-electron chi connectivity index (χ1n) is 6.53. The van der Waals surface area contributed by atoms with Crippen molar-refractivity contribution < 1.29 is 19.0 Å². The molecule has 0 amide bonds. The van der Waals surface area contributed by atoms with Crippen molar-refractivity contribution in [2.45, 2.75) is 0 Å². The van der Waals surface area contributed by atoms with Gasteiger partial charge in [0, 0.05) is 23.6 Å². The van der Waals surface area contributed by atoms with Gasteiger partial charge in [-0.25, -0.2) is 8.78 Å². The first-order chi connectivity index (χ1) is 10.6. The summed E-state index contributed by atoms with van der Waals surface area (Å²) in [5.41, 5.74) is 0.568. The Bertz CT molecular complexity index is 654. The van der Waals surface area contributed by atoms with Crippen LogP contribution in [0.2, 0.25) is 0 Å². The van der Waals surface area contributed by atoms with Crippen molar-refractivity contribution in [1.29, 1.82) is 0 Å². The Balaban J connectivity index is 1.89. The molecule has 0 heterocycles. The van der Waals surface area contributed by atoms with E-state index in [9.17, 15) is 19.0 Å². The number of benzene rings is 2. The zero-order chi connectivity index (χ0) is 15.9. The van der Waals surface area contributed by atoms with Crippen LogP contribution in [0.3, 0.4) is 0 Å². The minimum Gasteiger partial charge on any atom is -0.507 e. The van der Waals surface area contributed by atoms with E-state index in [4.69, 9.17) is 0 Å². The quantitative estimate of drug-likeness (QED) is 0.659. The Morgan fingerprint density at radius 3 is 1.59 bits per heavy atom. The lowest BCUT2D eigenvalue weighted by molar-refractivity contribution is 0.471. The molecular formula is C16H14F2N2O2. The monoisotopic (exact) mass is 304 g/mol. The number of halogens is 2. The van der Waals surface area contributed by atoms with Gasteiger partial charge in [-0.1, -0.05) is 0 Å². The maximum absolute atomic E-state index is 13.0. The number of phenols is 2. The highest BCUT2D eigenvalue weighted by molar-refractivity contribution is 5.84. The summed E-state index contributed by atoms with van der Waals surface area (Å²) in [6.45, 7) is 0.616. The van der Waals surface area contributed by atoms with Crippen LogP contribution in [0.4, 0.5) is 8.78 Å². The summed E-state index contributed by atoms with van der Waals surface area (Å²) in [5, 5.41) is 19.0. The Labute approximate surface area is 126 Å². The van der Waals surface area contributed by atoms with Crippen molar-refractivity contribution in [1.82, 2.24) is 0 Å². The fraction of sp³-hybridized carbons (Fsp3) is 0.125. The van der Waals surface area contributed by atoms with E-state index in [2.05, 4.69) is 9.98 Å². The lowest BCUT2D eigenvalue weighted by Crippen LogP contribution is -1.92. The van der Waals surface area contributed by atoms with Crippen LogP contribution in [0.1, 0.15) is 11.1 Å². The molecule has 0 saturated carbocycles.